The van der Waals surface area contributed by atoms with Gasteiger partial charge in [0.15, 0.2) is 0 Å². The van der Waals surface area contributed by atoms with Crippen molar-refractivity contribution in [1.29, 1.82) is 0 Å². The Kier molecular flexibility index (Phi) is 2.63. The molecule has 0 aromatic heterocycles. The average Bonchev–Trinajstić information content (AvgIpc) is 2.25. The Morgan fingerprint density at radius 3 is 1.82 bits per heavy atom. The van der Waals surface area contributed by atoms with Gasteiger partial charge in [-0.3, -0.25) is 0 Å². The van der Waals surface area contributed by atoms with Crippen LogP contribution in [0.1, 0.15) is 65.7 Å². The first kappa shape index (κ1) is 12.0. The fraction of sp³-hybridized carbons (Fsp3) is 1.00. The second-order valence-electron chi connectivity index (χ2n) is 7.93. The molecule has 1 atom stereocenters. The topological polar surface area (TPSA) is 26.0 Å². The lowest BCUT2D eigenvalue weighted by atomic mass is 9.42. The van der Waals surface area contributed by atoms with Crippen molar-refractivity contribution in [3.63, 3.8) is 0 Å². The van der Waals surface area contributed by atoms with Crippen LogP contribution in [-0.4, -0.2) is 6.04 Å². The highest BCUT2D eigenvalue weighted by atomic mass is 14.7. The van der Waals surface area contributed by atoms with Crippen molar-refractivity contribution in [2.45, 2.75) is 71.8 Å². The molecule has 0 aromatic carbocycles. The minimum Gasteiger partial charge on any atom is -0.327 e. The van der Waals surface area contributed by atoms with E-state index in [-0.39, 0.29) is 0 Å². The molecule has 0 radical (unpaired) electrons. The van der Waals surface area contributed by atoms with E-state index in [1.54, 1.807) is 0 Å². The molecule has 0 aromatic rings. The maximum atomic E-state index is 6.47. The number of hydrogen-bond acceptors (Lipinski definition) is 1. The van der Waals surface area contributed by atoms with E-state index in [4.69, 9.17) is 5.73 Å². The first-order valence-electron chi connectivity index (χ1n) is 7.72. The summed E-state index contributed by atoms with van der Waals surface area (Å²) in [7, 11) is 0. The molecule has 0 aliphatic heterocycles. The molecule has 2 N–H and O–H groups in total. The van der Waals surface area contributed by atoms with Crippen LogP contribution in [0, 0.1) is 28.6 Å². The Labute approximate surface area is 107 Å². The van der Waals surface area contributed by atoms with Crippen LogP contribution in [-0.2, 0) is 0 Å². The van der Waals surface area contributed by atoms with Gasteiger partial charge >= 0.3 is 0 Å². The molecule has 17 heavy (non-hydrogen) atoms. The van der Waals surface area contributed by atoms with E-state index in [0.29, 0.717) is 16.9 Å². The average molecular weight is 235 g/mol. The van der Waals surface area contributed by atoms with Crippen molar-refractivity contribution < 1.29 is 0 Å². The third kappa shape index (κ3) is 1.61. The summed E-state index contributed by atoms with van der Waals surface area (Å²) >= 11 is 0. The van der Waals surface area contributed by atoms with Crippen molar-refractivity contribution in [3.8, 4) is 0 Å². The van der Waals surface area contributed by atoms with Gasteiger partial charge in [0.1, 0.15) is 0 Å². The minimum absolute atomic E-state index is 0.345. The fourth-order valence-corrected chi connectivity index (χ4v) is 5.80. The molecule has 1 heteroatoms. The molecule has 1 nitrogen and oxygen atoms in total. The number of nitrogens with two attached hydrogens (primary N) is 1. The lowest BCUT2D eigenvalue weighted by Gasteiger charge is -2.63. The Hall–Kier alpha value is -0.0400. The second-order valence-corrected chi connectivity index (χ2v) is 7.93. The maximum Gasteiger partial charge on any atom is 0.00929 e. The van der Waals surface area contributed by atoms with Crippen LogP contribution < -0.4 is 5.73 Å². The van der Waals surface area contributed by atoms with Gasteiger partial charge in [-0.25, -0.2) is 0 Å². The van der Waals surface area contributed by atoms with Crippen molar-refractivity contribution in [2.24, 2.45) is 34.3 Å². The number of rotatable bonds is 3. The van der Waals surface area contributed by atoms with Gasteiger partial charge < -0.3 is 5.73 Å². The first-order valence-corrected chi connectivity index (χ1v) is 7.72. The molecule has 0 amide bonds. The van der Waals surface area contributed by atoms with Crippen molar-refractivity contribution in [2.75, 3.05) is 0 Å². The molecule has 0 saturated heterocycles. The van der Waals surface area contributed by atoms with Crippen molar-refractivity contribution in [1.82, 2.24) is 0 Å². The van der Waals surface area contributed by atoms with E-state index < -0.39 is 0 Å². The van der Waals surface area contributed by atoms with Gasteiger partial charge in [-0.05, 0) is 73.5 Å². The lowest BCUT2D eigenvalue weighted by Crippen LogP contribution is -2.58. The standard InChI is InChI=1S/C16H29N/c1-4-14(17)15(2,3)16-8-11-5-12(9-16)7-13(6-11)10-16/h11-14H,4-10,17H2,1-3H3. The minimum atomic E-state index is 0.345. The first-order chi connectivity index (χ1) is 7.97. The monoisotopic (exact) mass is 235 g/mol. The van der Waals surface area contributed by atoms with Gasteiger partial charge in [-0.15, -0.1) is 0 Å². The normalized spacial score (nSPS) is 46.2. The van der Waals surface area contributed by atoms with Gasteiger partial charge in [0.2, 0.25) is 0 Å². The van der Waals surface area contributed by atoms with Gasteiger partial charge in [0.25, 0.3) is 0 Å². The molecule has 4 saturated carbocycles. The quantitative estimate of drug-likeness (QED) is 0.787. The molecular weight excluding hydrogens is 206 g/mol. The Morgan fingerprint density at radius 2 is 1.47 bits per heavy atom. The van der Waals surface area contributed by atoms with Gasteiger partial charge in [-0.1, -0.05) is 20.8 Å². The molecule has 4 rings (SSSR count). The maximum absolute atomic E-state index is 6.47. The van der Waals surface area contributed by atoms with E-state index in [1.807, 2.05) is 0 Å². The molecule has 4 aliphatic carbocycles. The van der Waals surface area contributed by atoms with Crippen molar-refractivity contribution >= 4 is 0 Å². The molecule has 0 spiro atoms. The van der Waals surface area contributed by atoms with E-state index >= 15 is 0 Å². The zero-order chi connectivity index (χ0) is 12.3. The smallest absolute Gasteiger partial charge is 0.00929 e. The van der Waals surface area contributed by atoms with Crippen LogP contribution in [0.25, 0.3) is 0 Å². The molecule has 98 valence electrons. The summed E-state index contributed by atoms with van der Waals surface area (Å²) in [5.41, 5.74) is 7.41. The second kappa shape index (κ2) is 3.73. The lowest BCUT2D eigenvalue weighted by molar-refractivity contribution is -0.127. The Morgan fingerprint density at radius 1 is 1.06 bits per heavy atom. The summed E-state index contributed by atoms with van der Waals surface area (Å²) in [5.74, 6) is 3.14. The van der Waals surface area contributed by atoms with E-state index in [1.165, 1.54) is 38.5 Å². The molecular formula is C16H29N. The van der Waals surface area contributed by atoms with Gasteiger partial charge in [0.05, 0.1) is 0 Å². The SMILES string of the molecule is CCC(N)C(C)(C)C12CC3CC(CC(C3)C1)C2. The van der Waals surface area contributed by atoms with Crippen molar-refractivity contribution in [3.05, 3.63) is 0 Å². The van der Waals surface area contributed by atoms with E-state index in [9.17, 15) is 0 Å². The summed E-state index contributed by atoms with van der Waals surface area (Å²) < 4.78 is 0. The largest absolute Gasteiger partial charge is 0.327 e. The van der Waals surface area contributed by atoms with Crippen LogP contribution in [0.2, 0.25) is 0 Å². The molecule has 0 heterocycles. The summed E-state index contributed by atoms with van der Waals surface area (Å²) in [4.78, 5) is 0. The van der Waals surface area contributed by atoms with Crippen LogP contribution in [0.4, 0.5) is 0 Å². The zero-order valence-corrected chi connectivity index (χ0v) is 11.8. The number of hydrogen-bond donors (Lipinski definition) is 1. The van der Waals surface area contributed by atoms with E-state index in [0.717, 1.165) is 24.2 Å². The highest BCUT2D eigenvalue weighted by Crippen LogP contribution is 2.66. The summed E-state index contributed by atoms with van der Waals surface area (Å²) in [5, 5.41) is 0. The Balaban J connectivity index is 1.91. The third-order valence-electron chi connectivity index (χ3n) is 6.77. The van der Waals surface area contributed by atoms with E-state index in [2.05, 4.69) is 20.8 Å². The predicted octanol–water partition coefficient (Wildman–Crippen LogP) is 3.97. The predicted molar refractivity (Wildman–Crippen MR) is 72.7 cm³/mol. The van der Waals surface area contributed by atoms with Crippen LogP contribution in [0.15, 0.2) is 0 Å². The third-order valence-corrected chi connectivity index (χ3v) is 6.77. The van der Waals surface area contributed by atoms with Gasteiger partial charge in [-0.2, -0.15) is 0 Å². The summed E-state index contributed by atoms with van der Waals surface area (Å²) in [6, 6.07) is 0.388. The zero-order valence-electron chi connectivity index (χ0n) is 11.8. The molecule has 4 bridgehead atoms. The summed E-state index contributed by atoms with van der Waals surface area (Å²) in [6.07, 6.45) is 10.2. The van der Waals surface area contributed by atoms with Gasteiger partial charge in [0, 0.05) is 6.04 Å². The molecule has 4 aliphatic rings. The van der Waals surface area contributed by atoms with Crippen LogP contribution in [0.3, 0.4) is 0 Å². The highest BCUT2D eigenvalue weighted by Gasteiger charge is 2.58. The molecule has 4 fully saturated rings. The highest BCUT2D eigenvalue weighted by molar-refractivity contribution is 5.09. The fourth-order valence-electron chi connectivity index (χ4n) is 5.80. The molecule has 1 unspecified atom stereocenters. The summed E-state index contributed by atoms with van der Waals surface area (Å²) in [6.45, 7) is 7.19. The Bertz CT molecular complexity index is 269. The van der Waals surface area contributed by atoms with Crippen LogP contribution >= 0.6 is 0 Å². The van der Waals surface area contributed by atoms with Crippen LogP contribution in [0.5, 0.6) is 0 Å².